The molecule has 1 fully saturated rings. The number of carbonyl (C=O) groups is 2. The molecule has 2 N–H and O–H groups in total. The molecule has 1 aromatic carbocycles. The van der Waals surface area contributed by atoms with Crippen LogP contribution in [0.2, 0.25) is 0 Å². The maximum Gasteiger partial charge on any atom is 0.408 e. The van der Waals surface area contributed by atoms with E-state index < -0.39 is 29.4 Å². The smallest absolute Gasteiger partial charge is 0.408 e. The van der Waals surface area contributed by atoms with Crippen LogP contribution >= 0.6 is 0 Å². The van der Waals surface area contributed by atoms with Crippen molar-refractivity contribution >= 4 is 17.7 Å². The first-order valence-electron chi connectivity index (χ1n) is 9.48. The largest absolute Gasteiger partial charge is 0.444 e. The number of ether oxygens (including phenoxy) is 1. The van der Waals surface area contributed by atoms with E-state index in [0.29, 0.717) is 31.6 Å². The number of benzene rings is 1. The highest BCUT2D eigenvalue weighted by atomic mass is 19.2. The van der Waals surface area contributed by atoms with Gasteiger partial charge in [-0.15, -0.1) is 0 Å². The number of hydrogen-bond donors (Lipinski definition) is 2. The first-order valence-corrected chi connectivity index (χ1v) is 9.48. The van der Waals surface area contributed by atoms with E-state index in [9.17, 15) is 23.6 Å². The molecule has 1 heterocycles. The van der Waals surface area contributed by atoms with Crippen LogP contribution < -0.4 is 15.5 Å². The first-order chi connectivity index (χ1) is 13.5. The van der Waals surface area contributed by atoms with Crippen molar-refractivity contribution in [3.05, 3.63) is 29.3 Å². The molecule has 2 atom stereocenters. The molecule has 2 amide bonds. The van der Waals surface area contributed by atoms with Crippen LogP contribution in [-0.4, -0.2) is 42.8 Å². The number of carbonyl (C=O) groups excluding carboxylic acids is 2. The summed E-state index contributed by atoms with van der Waals surface area (Å²) >= 11 is 0. The van der Waals surface area contributed by atoms with Crippen LogP contribution in [0, 0.1) is 23.0 Å². The highest BCUT2D eigenvalue weighted by Crippen LogP contribution is 2.27. The molecule has 7 nitrogen and oxygen atoms in total. The molecule has 29 heavy (non-hydrogen) atoms. The second kappa shape index (κ2) is 9.07. The van der Waals surface area contributed by atoms with Crippen LogP contribution in [-0.2, 0) is 9.53 Å². The van der Waals surface area contributed by atoms with Crippen molar-refractivity contribution in [2.45, 2.75) is 58.2 Å². The number of nitrogens with zero attached hydrogens (tertiary/aromatic N) is 2. The molecule has 1 aromatic rings. The zero-order valence-corrected chi connectivity index (χ0v) is 17.0. The molecule has 0 aromatic heterocycles. The fourth-order valence-corrected chi connectivity index (χ4v) is 3.09. The lowest BCUT2D eigenvalue weighted by molar-refractivity contribution is -0.123. The molecule has 2 rings (SSSR count). The van der Waals surface area contributed by atoms with Crippen LogP contribution in [0.4, 0.5) is 19.3 Å². The van der Waals surface area contributed by atoms with E-state index in [1.54, 1.807) is 32.6 Å². The molecule has 158 valence electrons. The Morgan fingerprint density at radius 1 is 1.34 bits per heavy atom. The molecule has 0 aliphatic carbocycles. The van der Waals surface area contributed by atoms with Crippen molar-refractivity contribution in [1.82, 2.24) is 10.6 Å². The van der Waals surface area contributed by atoms with Gasteiger partial charge in [-0.1, -0.05) is 6.92 Å². The van der Waals surface area contributed by atoms with Gasteiger partial charge in [0, 0.05) is 25.2 Å². The number of halogens is 2. The number of nitriles is 1. The number of rotatable bonds is 5. The lowest BCUT2D eigenvalue weighted by Crippen LogP contribution is -2.50. The van der Waals surface area contributed by atoms with Crippen LogP contribution in [0.5, 0.6) is 0 Å². The zero-order valence-electron chi connectivity index (χ0n) is 17.0. The van der Waals surface area contributed by atoms with Crippen molar-refractivity contribution in [3.8, 4) is 6.07 Å². The van der Waals surface area contributed by atoms with E-state index in [0.717, 1.165) is 12.1 Å². The number of anilines is 1. The van der Waals surface area contributed by atoms with Gasteiger partial charge in [0.1, 0.15) is 17.7 Å². The first kappa shape index (κ1) is 22.4. The molecule has 1 saturated heterocycles. The SMILES string of the molecule is CCC(NC(=O)OC(C)(C)C)C(=O)NC1CCN(c2cc(F)c(F)cc2C#N)C1. The topological polar surface area (TPSA) is 94.5 Å². The summed E-state index contributed by atoms with van der Waals surface area (Å²) in [6.45, 7) is 7.77. The third kappa shape index (κ3) is 6.04. The Balaban J connectivity index is 1.98. The summed E-state index contributed by atoms with van der Waals surface area (Å²) in [6.07, 6.45) is 0.273. The second-order valence-corrected chi connectivity index (χ2v) is 7.94. The quantitative estimate of drug-likeness (QED) is 0.781. The average molecular weight is 408 g/mol. The molecule has 0 radical (unpaired) electrons. The number of nitrogens with one attached hydrogen (secondary N) is 2. The average Bonchev–Trinajstić information content (AvgIpc) is 3.08. The standard InChI is InChI=1S/C20H26F2N4O3/c1-5-16(25-19(28)29-20(2,3)4)18(27)24-13-6-7-26(11-13)17-9-15(22)14(21)8-12(17)10-23/h8-9,13,16H,5-7,11H2,1-4H3,(H,24,27)(H,25,28). The number of amides is 2. The van der Waals surface area contributed by atoms with Crippen molar-refractivity contribution in [2.75, 3.05) is 18.0 Å². The summed E-state index contributed by atoms with van der Waals surface area (Å²) in [6, 6.07) is 2.73. The minimum atomic E-state index is -1.08. The van der Waals surface area contributed by atoms with Gasteiger partial charge in [0.15, 0.2) is 11.6 Å². The van der Waals surface area contributed by atoms with E-state index in [2.05, 4.69) is 10.6 Å². The van der Waals surface area contributed by atoms with Crippen LogP contribution in [0.25, 0.3) is 0 Å². The fraction of sp³-hybridized carbons (Fsp3) is 0.550. The Bertz CT molecular complexity index is 817. The van der Waals surface area contributed by atoms with Gasteiger partial charge < -0.3 is 20.3 Å². The van der Waals surface area contributed by atoms with Gasteiger partial charge >= 0.3 is 6.09 Å². The lowest BCUT2D eigenvalue weighted by Gasteiger charge is -2.24. The normalized spacial score (nSPS) is 17.4. The van der Waals surface area contributed by atoms with E-state index in [-0.39, 0.29) is 17.5 Å². The predicted octanol–water partition coefficient (Wildman–Crippen LogP) is 2.83. The Kier molecular flexibility index (Phi) is 7.01. The van der Waals surface area contributed by atoms with Crippen molar-refractivity contribution in [3.63, 3.8) is 0 Å². The molecule has 2 unspecified atom stereocenters. The monoisotopic (exact) mass is 408 g/mol. The van der Waals surface area contributed by atoms with Gasteiger partial charge in [0.05, 0.1) is 11.3 Å². The Hall–Kier alpha value is -2.89. The maximum atomic E-state index is 13.6. The van der Waals surface area contributed by atoms with Crippen LogP contribution in [0.15, 0.2) is 12.1 Å². The summed E-state index contributed by atoms with van der Waals surface area (Å²) < 4.78 is 32.2. The molecule has 0 spiro atoms. The highest BCUT2D eigenvalue weighted by molar-refractivity contribution is 5.86. The summed E-state index contributed by atoms with van der Waals surface area (Å²) in [5, 5.41) is 14.6. The minimum Gasteiger partial charge on any atom is -0.444 e. The molecule has 1 aliphatic rings. The second-order valence-electron chi connectivity index (χ2n) is 7.94. The molecule has 0 bridgehead atoms. The van der Waals surface area contributed by atoms with Crippen molar-refractivity contribution in [2.24, 2.45) is 0 Å². The summed E-state index contributed by atoms with van der Waals surface area (Å²) in [5.41, 5.74) is -0.343. The van der Waals surface area contributed by atoms with Crippen molar-refractivity contribution in [1.29, 1.82) is 5.26 Å². The van der Waals surface area contributed by atoms with E-state index in [1.807, 2.05) is 6.07 Å². The maximum absolute atomic E-state index is 13.6. The van der Waals surface area contributed by atoms with Gasteiger partial charge in [-0.05, 0) is 39.7 Å². The lowest BCUT2D eigenvalue weighted by atomic mass is 10.1. The molecule has 1 aliphatic heterocycles. The number of alkyl carbamates (subject to hydrolysis) is 1. The molecule has 0 saturated carbocycles. The molecular weight excluding hydrogens is 382 g/mol. The van der Waals surface area contributed by atoms with Gasteiger partial charge in [-0.25, -0.2) is 13.6 Å². The zero-order chi connectivity index (χ0) is 21.8. The Morgan fingerprint density at radius 2 is 2.00 bits per heavy atom. The Morgan fingerprint density at radius 3 is 2.59 bits per heavy atom. The molecular formula is C20H26F2N4O3. The third-order valence-corrected chi connectivity index (χ3v) is 4.45. The summed E-state index contributed by atoms with van der Waals surface area (Å²) in [5.74, 6) is -2.46. The van der Waals surface area contributed by atoms with Gasteiger partial charge in [-0.3, -0.25) is 4.79 Å². The van der Waals surface area contributed by atoms with E-state index in [4.69, 9.17) is 4.74 Å². The third-order valence-electron chi connectivity index (χ3n) is 4.45. The van der Waals surface area contributed by atoms with Crippen LogP contribution in [0.1, 0.15) is 46.1 Å². The minimum absolute atomic E-state index is 0.0360. The van der Waals surface area contributed by atoms with Gasteiger partial charge in [0.25, 0.3) is 0 Å². The van der Waals surface area contributed by atoms with Crippen molar-refractivity contribution < 1.29 is 23.1 Å². The number of hydrogen-bond acceptors (Lipinski definition) is 5. The van der Waals surface area contributed by atoms with E-state index in [1.165, 1.54) is 0 Å². The van der Waals surface area contributed by atoms with E-state index >= 15 is 0 Å². The molecule has 9 heteroatoms. The van der Waals surface area contributed by atoms with Gasteiger partial charge in [-0.2, -0.15) is 5.26 Å². The highest BCUT2D eigenvalue weighted by Gasteiger charge is 2.29. The summed E-state index contributed by atoms with van der Waals surface area (Å²) in [4.78, 5) is 26.2. The Labute approximate surface area is 169 Å². The van der Waals surface area contributed by atoms with Gasteiger partial charge in [0.2, 0.25) is 5.91 Å². The predicted molar refractivity (Wildman–Crippen MR) is 103 cm³/mol. The summed E-state index contributed by atoms with van der Waals surface area (Å²) in [7, 11) is 0. The fourth-order valence-electron chi connectivity index (χ4n) is 3.09. The van der Waals surface area contributed by atoms with Crippen LogP contribution in [0.3, 0.4) is 0 Å².